The highest BCUT2D eigenvalue weighted by Crippen LogP contribution is 2.11. The highest BCUT2D eigenvalue weighted by atomic mass is 35.5. The number of hydrogen-bond donors (Lipinski definition) is 1. The van der Waals surface area contributed by atoms with Crippen LogP contribution in [0, 0.1) is 0 Å². The van der Waals surface area contributed by atoms with Gasteiger partial charge in [0.05, 0.1) is 6.61 Å². The van der Waals surface area contributed by atoms with Crippen LogP contribution in [0.15, 0.2) is 11.6 Å². The van der Waals surface area contributed by atoms with Crippen LogP contribution >= 0.6 is 12.4 Å². The van der Waals surface area contributed by atoms with E-state index in [4.69, 9.17) is 4.74 Å². The number of rotatable bonds is 4. The van der Waals surface area contributed by atoms with Crippen molar-refractivity contribution in [1.82, 2.24) is 5.32 Å². The van der Waals surface area contributed by atoms with Crippen LogP contribution in [-0.2, 0) is 9.53 Å². The summed E-state index contributed by atoms with van der Waals surface area (Å²) in [5.74, 6) is -0.171. The Bertz CT molecular complexity index is 229. The highest BCUT2D eigenvalue weighted by molar-refractivity contribution is 5.89. The maximum absolute atomic E-state index is 11.3. The predicted molar refractivity (Wildman–Crippen MR) is 63.3 cm³/mol. The third-order valence-corrected chi connectivity index (χ3v) is 2.40. The van der Waals surface area contributed by atoms with Crippen molar-refractivity contribution >= 4 is 18.4 Å². The lowest BCUT2D eigenvalue weighted by Crippen LogP contribution is -2.35. The minimum absolute atomic E-state index is 0. The summed E-state index contributed by atoms with van der Waals surface area (Å²) in [6, 6.07) is 0.540. The van der Waals surface area contributed by atoms with Crippen molar-refractivity contribution in [1.29, 1.82) is 0 Å². The van der Waals surface area contributed by atoms with Crippen molar-refractivity contribution in [2.75, 3.05) is 13.2 Å². The number of ether oxygens (including phenoxy) is 1. The van der Waals surface area contributed by atoms with Gasteiger partial charge in [0.15, 0.2) is 0 Å². The Labute approximate surface area is 97.7 Å². The van der Waals surface area contributed by atoms with Gasteiger partial charge in [-0.3, -0.25) is 0 Å². The lowest BCUT2D eigenvalue weighted by Gasteiger charge is -2.22. The van der Waals surface area contributed by atoms with Gasteiger partial charge in [-0.2, -0.15) is 0 Å². The van der Waals surface area contributed by atoms with E-state index in [1.165, 1.54) is 12.8 Å². The first kappa shape index (κ1) is 14.5. The zero-order valence-electron chi connectivity index (χ0n) is 9.41. The van der Waals surface area contributed by atoms with E-state index in [-0.39, 0.29) is 18.4 Å². The molecule has 0 saturated carbocycles. The van der Waals surface area contributed by atoms with Crippen LogP contribution < -0.4 is 5.32 Å². The third-order valence-electron chi connectivity index (χ3n) is 2.40. The van der Waals surface area contributed by atoms with E-state index in [2.05, 4.69) is 12.2 Å². The summed E-state index contributed by atoms with van der Waals surface area (Å²) in [5, 5.41) is 3.34. The Morgan fingerprint density at radius 1 is 1.60 bits per heavy atom. The van der Waals surface area contributed by atoms with E-state index < -0.39 is 0 Å². The summed E-state index contributed by atoms with van der Waals surface area (Å²) in [6.07, 6.45) is 5.31. The molecule has 1 heterocycles. The molecule has 15 heavy (non-hydrogen) atoms. The first-order chi connectivity index (χ1) is 6.77. The molecular formula is C11H20ClNO2. The second kappa shape index (κ2) is 7.71. The highest BCUT2D eigenvalue weighted by Gasteiger charge is 2.17. The molecule has 0 aromatic heterocycles. The molecule has 0 aliphatic carbocycles. The Balaban J connectivity index is 0.00000196. The average molecular weight is 234 g/mol. The molecule has 0 bridgehead atoms. The van der Waals surface area contributed by atoms with Crippen LogP contribution in [0.4, 0.5) is 0 Å². The van der Waals surface area contributed by atoms with Crippen molar-refractivity contribution in [2.45, 2.75) is 39.2 Å². The van der Waals surface area contributed by atoms with Gasteiger partial charge in [-0.05, 0) is 19.8 Å². The Morgan fingerprint density at radius 3 is 2.80 bits per heavy atom. The molecule has 0 spiro atoms. The van der Waals surface area contributed by atoms with Gasteiger partial charge < -0.3 is 10.1 Å². The van der Waals surface area contributed by atoms with Crippen molar-refractivity contribution < 1.29 is 9.53 Å². The SMILES string of the molecule is CCCC1CC=C(C(=O)OCC)CN1.Cl. The van der Waals surface area contributed by atoms with Crippen LogP contribution in [-0.4, -0.2) is 25.2 Å². The Morgan fingerprint density at radius 2 is 2.33 bits per heavy atom. The molecule has 0 fully saturated rings. The quantitative estimate of drug-likeness (QED) is 0.756. The summed E-state index contributed by atoms with van der Waals surface area (Å²) in [4.78, 5) is 11.3. The fourth-order valence-electron chi connectivity index (χ4n) is 1.64. The van der Waals surface area contributed by atoms with Gasteiger partial charge >= 0.3 is 5.97 Å². The fourth-order valence-corrected chi connectivity index (χ4v) is 1.64. The van der Waals surface area contributed by atoms with Gasteiger partial charge in [-0.25, -0.2) is 4.79 Å². The van der Waals surface area contributed by atoms with Crippen LogP contribution in [0.3, 0.4) is 0 Å². The van der Waals surface area contributed by atoms with E-state index in [9.17, 15) is 4.79 Å². The zero-order valence-corrected chi connectivity index (χ0v) is 10.2. The van der Waals surface area contributed by atoms with Crippen LogP contribution in [0.2, 0.25) is 0 Å². The number of carbonyl (C=O) groups excluding carboxylic acids is 1. The normalized spacial score (nSPS) is 20.1. The molecule has 1 aliphatic heterocycles. The number of hydrogen-bond acceptors (Lipinski definition) is 3. The van der Waals surface area contributed by atoms with Gasteiger partial charge in [0.25, 0.3) is 0 Å². The first-order valence-corrected chi connectivity index (χ1v) is 5.37. The fraction of sp³-hybridized carbons (Fsp3) is 0.727. The maximum Gasteiger partial charge on any atom is 0.334 e. The van der Waals surface area contributed by atoms with Gasteiger partial charge in [0.1, 0.15) is 0 Å². The molecule has 88 valence electrons. The molecule has 1 N–H and O–H groups in total. The van der Waals surface area contributed by atoms with E-state index >= 15 is 0 Å². The summed E-state index contributed by atoms with van der Waals surface area (Å²) >= 11 is 0. The van der Waals surface area contributed by atoms with E-state index in [0.29, 0.717) is 19.2 Å². The van der Waals surface area contributed by atoms with Gasteiger partial charge in [0, 0.05) is 18.2 Å². The molecule has 0 aromatic carbocycles. The Kier molecular flexibility index (Phi) is 7.44. The molecule has 4 heteroatoms. The molecule has 0 radical (unpaired) electrons. The minimum atomic E-state index is -0.171. The van der Waals surface area contributed by atoms with Crippen LogP contribution in [0.1, 0.15) is 33.1 Å². The molecular weight excluding hydrogens is 214 g/mol. The van der Waals surface area contributed by atoms with Crippen molar-refractivity contribution in [3.63, 3.8) is 0 Å². The maximum atomic E-state index is 11.3. The lowest BCUT2D eigenvalue weighted by molar-refractivity contribution is -0.138. The second-order valence-corrected chi connectivity index (χ2v) is 3.55. The smallest absolute Gasteiger partial charge is 0.334 e. The monoisotopic (exact) mass is 233 g/mol. The van der Waals surface area contributed by atoms with Gasteiger partial charge in [-0.1, -0.05) is 19.4 Å². The summed E-state index contributed by atoms with van der Waals surface area (Å²) in [7, 11) is 0. The van der Waals surface area contributed by atoms with Gasteiger partial charge in [-0.15, -0.1) is 12.4 Å². The van der Waals surface area contributed by atoms with E-state index in [1.54, 1.807) is 0 Å². The zero-order chi connectivity index (χ0) is 10.4. The van der Waals surface area contributed by atoms with Crippen molar-refractivity contribution in [3.8, 4) is 0 Å². The molecule has 0 aromatic rings. The largest absolute Gasteiger partial charge is 0.463 e. The molecule has 1 rings (SSSR count). The number of esters is 1. The third kappa shape index (κ3) is 4.67. The van der Waals surface area contributed by atoms with Crippen molar-refractivity contribution in [2.24, 2.45) is 0 Å². The average Bonchev–Trinajstić information content (AvgIpc) is 2.20. The molecule has 1 atom stereocenters. The van der Waals surface area contributed by atoms with E-state index in [1.807, 2.05) is 13.0 Å². The Hall–Kier alpha value is -0.540. The molecule has 1 aliphatic rings. The first-order valence-electron chi connectivity index (χ1n) is 5.37. The second-order valence-electron chi connectivity index (χ2n) is 3.55. The summed E-state index contributed by atoms with van der Waals surface area (Å²) in [6.45, 7) is 5.11. The lowest BCUT2D eigenvalue weighted by atomic mass is 10.0. The molecule has 3 nitrogen and oxygen atoms in total. The summed E-state index contributed by atoms with van der Waals surface area (Å²) < 4.78 is 4.93. The number of nitrogens with one attached hydrogen (secondary N) is 1. The van der Waals surface area contributed by atoms with Crippen LogP contribution in [0.25, 0.3) is 0 Å². The van der Waals surface area contributed by atoms with Crippen LogP contribution in [0.5, 0.6) is 0 Å². The number of halogens is 1. The van der Waals surface area contributed by atoms with Gasteiger partial charge in [0.2, 0.25) is 0 Å². The summed E-state index contributed by atoms with van der Waals surface area (Å²) in [5.41, 5.74) is 0.777. The van der Waals surface area contributed by atoms with Crippen molar-refractivity contribution in [3.05, 3.63) is 11.6 Å². The van der Waals surface area contributed by atoms with E-state index in [0.717, 1.165) is 12.0 Å². The molecule has 0 amide bonds. The number of carbonyl (C=O) groups is 1. The molecule has 1 unspecified atom stereocenters. The standard InChI is InChI=1S/C11H19NO2.ClH/c1-3-5-10-7-6-9(8-12-10)11(13)14-4-2;/h6,10,12H,3-5,7-8H2,1-2H3;1H. The predicted octanol–water partition coefficient (Wildman–Crippen LogP) is 2.06. The topological polar surface area (TPSA) is 38.3 Å². The minimum Gasteiger partial charge on any atom is -0.463 e. The molecule has 0 saturated heterocycles.